The van der Waals surface area contributed by atoms with E-state index in [0.717, 1.165) is 0 Å². The maximum Gasteiger partial charge on any atom is 0.387 e. The summed E-state index contributed by atoms with van der Waals surface area (Å²) in [5.74, 6) is -0.103. The molecule has 0 aliphatic carbocycles. The Hall–Kier alpha value is -2.48. The minimum absolute atomic E-state index is 0.0677. The lowest BCUT2D eigenvalue weighted by Crippen LogP contribution is -2.42. The second-order valence-electron chi connectivity index (χ2n) is 5.03. The minimum Gasteiger partial charge on any atom is -0.435 e. The number of alkyl halides is 2. The van der Waals surface area contributed by atoms with Crippen molar-refractivity contribution >= 4 is 5.91 Å². The van der Waals surface area contributed by atoms with Crippen LogP contribution < -0.4 is 4.74 Å². The molecule has 1 fully saturated rings. The second kappa shape index (κ2) is 6.74. The molecule has 1 amide bonds. The first-order chi connectivity index (χ1) is 11.1. The number of ether oxygens (including phenoxy) is 2. The molecule has 1 atom stereocenters. The highest BCUT2D eigenvalue weighted by Crippen LogP contribution is 2.26. The molecule has 1 aromatic heterocycles. The first kappa shape index (κ1) is 15.4. The summed E-state index contributed by atoms with van der Waals surface area (Å²) in [4.78, 5) is 14.0. The Labute approximate surface area is 131 Å². The fourth-order valence-corrected chi connectivity index (χ4v) is 2.47. The van der Waals surface area contributed by atoms with Gasteiger partial charge in [0.05, 0.1) is 13.2 Å². The molecule has 0 radical (unpaired) electrons. The molecule has 1 aliphatic heterocycles. The van der Waals surface area contributed by atoms with E-state index < -0.39 is 12.7 Å². The van der Waals surface area contributed by atoms with Gasteiger partial charge in [-0.1, -0.05) is 12.1 Å². The normalized spacial score (nSPS) is 18.2. The molecule has 2 heterocycles. The van der Waals surface area contributed by atoms with Crippen molar-refractivity contribution in [3.8, 4) is 5.75 Å². The lowest BCUT2D eigenvalue weighted by molar-refractivity contribution is -0.0504. The number of carbonyl (C=O) groups is 1. The van der Waals surface area contributed by atoms with Crippen molar-refractivity contribution in [2.24, 2.45) is 0 Å². The Balaban J connectivity index is 1.72. The topological polar surface area (TPSA) is 67.5 Å². The molecule has 6 nitrogen and oxygen atoms in total. The smallest absolute Gasteiger partial charge is 0.387 e. The van der Waals surface area contributed by atoms with E-state index in [9.17, 15) is 13.6 Å². The average molecular weight is 323 g/mol. The summed E-state index contributed by atoms with van der Waals surface area (Å²) in [5, 5.41) is 6.40. The number of nitrogens with one attached hydrogen (secondary N) is 1. The molecule has 8 heteroatoms. The van der Waals surface area contributed by atoms with Gasteiger partial charge in [-0.2, -0.15) is 13.9 Å². The van der Waals surface area contributed by atoms with Crippen LogP contribution in [0, 0.1) is 0 Å². The number of morpholine rings is 1. The fourth-order valence-electron chi connectivity index (χ4n) is 2.47. The Bertz CT molecular complexity index is 664. The van der Waals surface area contributed by atoms with E-state index in [1.54, 1.807) is 23.1 Å². The minimum atomic E-state index is -2.88. The van der Waals surface area contributed by atoms with Crippen LogP contribution in [0.1, 0.15) is 22.2 Å². The number of H-pyrrole nitrogens is 1. The van der Waals surface area contributed by atoms with E-state index in [0.29, 0.717) is 31.0 Å². The second-order valence-corrected chi connectivity index (χ2v) is 5.03. The van der Waals surface area contributed by atoms with Gasteiger partial charge in [0.15, 0.2) is 0 Å². The van der Waals surface area contributed by atoms with Gasteiger partial charge in [-0.05, 0) is 23.8 Å². The highest BCUT2D eigenvalue weighted by molar-refractivity contribution is 5.92. The van der Waals surface area contributed by atoms with E-state index in [1.807, 2.05) is 0 Å². The number of benzene rings is 1. The molecular weight excluding hydrogens is 308 g/mol. The third-order valence-corrected chi connectivity index (χ3v) is 3.54. The first-order valence-electron chi connectivity index (χ1n) is 7.08. The predicted octanol–water partition coefficient (Wildman–Crippen LogP) is 2.22. The molecule has 1 saturated heterocycles. The molecule has 0 spiro atoms. The largest absolute Gasteiger partial charge is 0.435 e. The molecule has 1 unspecified atom stereocenters. The summed E-state index contributed by atoms with van der Waals surface area (Å²) >= 11 is 0. The monoisotopic (exact) mass is 323 g/mol. The number of hydrogen-bond acceptors (Lipinski definition) is 4. The zero-order chi connectivity index (χ0) is 16.2. The number of rotatable bonds is 4. The summed E-state index contributed by atoms with van der Waals surface area (Å²) in [6.45, 7) is -1.72. The number of halogens is 2. The Morgan fingerprint density at radius 3 is 3.04 bits per heavy atom. The number of hydrogen-bond donors (Lipinski definition) is 1. The summed E-state index contributed by atoms with van der Waals surface area (Å²) < 4.78 is 34.7. The first-order valence-corrected chi connectivity index (χ1v) is 7.08. The van der Waals surface area contributed by atoms with E-state index in [2.05, 4.69) is 14.9 Å². The lowest BCUT2D eigenvalue weighted by Gasteiger charge is -2.33. The van der Waals surface area contributed by atoms with Gasteiger partial charge in [0, 0.05) is 12.7 Å². The van der Waals surface area contributed by atoms with Crippen LogP contribution in [-0.2, 0) is 4.74 Å². The number of aromatic amines is 1. The standard InChI is InChI=1S/C15H15F2N3O3/c16-15(17)23-11-3-1-2-10(8-11)13-9-20(6-7-22-13)14(21)12-4-5-18-19-12/h1-5,8,13,15H,6-7,9H2,(H,18,19). The van der Waals surface area contributed by atoms with Crippen molar-refractivity contribution in [1.82, 2.24) is 15.1 Å². The third-order valence-electron chi connectivity index (χ3n) is 3.54. The summed E-state index contributed by atoms with van der Waals surface area (Å²) in [5.41, 5.74) is 1.09. The molecule has 3 rings (SSSR count). The highest BCUT2D eigenvalue weighted by Gasteiger charge is 2.27. The van der Waals surface area contributed by atoms with Gasteiger partial charge in [-0.25, -0.2) is 0 Å². The zero-order valence-electron chi connectivity index (χ0n) is 12.1. The van der Waals surface area contributed by atoms with Gasteiger partial charge in [0.25, 0.3) is 5.91 Å². The van der Waals surface area contributed by atoms with E-state index in [-0.39, 0.29) is 11.7 Å². The van der Waals surface area contributed by atoms with Crippen molar-refractivity contribution in [1.29, 1.82) is 0 Å². The van der Waals surface area contributed by atoms with Gasteiger partial charge in [-0.3, -0.25) is 9.89 Å². The highest BCUT2D eigenvalue weighted by atomic mass is 19.3. The van der Waals surface area contributed by atoms with E-state index in [4.69, 9.17) is 4.74 Å². The third kappa shape index (κ3) is 3.65. The van der Waals surface area contributed by atoms with Crippen molar-refractivity contribution in [2.75, 3.05) is 19.7 Å². The molecule has 2 aromatic rings. The van der Waals surface area contributed by atoms with Crippen LogP contribution in [0.5, 0.6) is 5.75 Å². The molecule has 122 valence electrons. The maximum atomic E-state index is 12.3. The molecular formula is C15H15F2N3O3. The number of aromatic nitrogens is 2. The number of amides is 1. The quantitative estimate of drug-likeness (QED) is 0.937. The molecule has 1 aliphatic rings. The van der Waals surface area contributed by atoms with Crippen LogP contribution in [0.4, 0.5) is 8.78 Å². The molecule has 0 bridgehead atoms. The molecule has 0 saturated carbocycles. The summed E-state index contributed by atoms with van der Waals surface area (Å²) in [6, 6.07) is 7.93. The Kier molecular flexibility index (Phi) is 4.52. The van der Waals surface area contributed by atoms with Gasteiger partial charge in [0.2, 0.25) is 0 Å². The van der Waals surface area contributed by atoms with Crippen LogP contribution in [0.25, 0.3) is 0 Å². The SMILES string of the molecule is O=C(c1ccn[nH]1)N1CCOC(c2cccc(OC(F)F)c2)C1. The van der Waals surface area contributed by atoms with Crippen LogP contribution in [-0.4, -0.2) is 47.3 Å². The zero-order valence-corrected chi connectivity index (χ0v) is 12.1. The van der Waals surface area contributed by atoms with Gasteiger partial charge in [-0.15, -0.1) is 0 Å². The maximum absolute atomic E-state index is 12.3. The van der Waals surface area contributed by atoms with Crippen LogP contribution in [0.3, 0.4) is 0 Å². The predicted molar refractivity (Wildman–Crippen MR) is 76.3 cm³/mol. The van der Waals surface area contributed by atoms with Crippen molar-refractivity contribution < 1.29 is 23.0 Å². The fraction of sp³-hybridized carbons (Fsp3) is 0.333. The van der Waals surface area contributed by atoms with Crippen LogP contribution in [0.2, 0.25) is 0 Å². The van der Waals surface area contributed by atoms with Gasteiger partial charge >= 0.3 is 6.61 Å². The number of carbonyl (C=O) groups excluding carboxylic acids is 1. The molecule has 1 aromatic carbocycles. The summed E-state index contributed by atoms with van der Waals surface area (Å²) in [7, 11) is 0. The van der Waals surface area contributed by atoms with E-state index in [1.165, 1.54) is 18.3 Å². The van der Waals surface area contributed by atoms with Crippen LogP contribution >= 0.6 is 0 Å². The Morgan fingerprint density at radius 1 is 1.43 bits per heavy atom. The van der Waals surface area contributed by atoms with E-state index >= 15 is 0 Å². The Morgan fingerprint density at radius 2 is 2.30 bits per heavy atom. The lowest BCUT2D eigenvalue weighted by atomic mass is 10.1. The van der Waals surface area contributed by atoms with Crippen molar-refractivity contribution in [3.63, 3.8) is 0 Å². The van der Waals surface area contributed by atoms with Crippen molar-refractivity contribution in [2.45, 2.75) is 12.7 Å². The summed E-state index contributed by atoms with van der Waals surface area (Å²) in [6.07, 6.45) is 1.12. The molecule has 1 N–H and O–H groups in total. The van der Waals surface area contributed by atoms with Gasteiger partial charge in [0.1, 0.15) is 17.5 Å². The molecule has 23 heavy (non-hydrogen) atoms. The number of nitrogens with zero attached hydrogens (tertiary/aromatic N) is 2. The van der Waals surface area contributed by atoms with Gasteiger partial charge < -0.3 is 14.4 Å². The average Bonchev–Trinajstić information content (AvgIpc) is 3.08. The van der Waals surface area contributed by atoms with Crippen LogP contribution in [0.15, 0.2) is 36.5 Å². The van der Waals surface area contributed by atoms with Crippen molar-refractivity contribution in [3.05, 3.63) is 47.8 Å².